The summed E-state index contributed by atoms with van der Waals surface area (Å²) in [5, 5.41) is 0.535. The molecule has 1 aromatic carbocycles. The maximum atomic E-state index is 13.2. The fourth-order valence-corrected chi connectivity index (χ4v) is 1.42. The Labute approximate surface area is 75.5 Å². The van der Waals surface area contributed by atoms with Crippen molar-refractivity contribution in [1.82, 2.24) is 4.98 Å². The monoisotopic (exact) mass is 231 g/mol. The van der Waals surface area contributed by atoms with Crippen LogP contribution >= 0.6 is 15.9 Å². The molecule has 0 fully saturated rings. The highest BCUT2D eigenvalue weighted by Gasteiger charge is 2.11. The quantitative estimate of drug-likeness (QED) is 0.671. The molecule has 1 nitrogen and oxygen atoms in total. The van der Waals surface area contributed by atoms with E-state index in [9.17, 15) is 8.78 Å². The molecule has 0 aliphatic heterocycles. The van der Waals surface area contributed by atoms with E-state index in [1.54, 1.807) is 12.3 Å². The molecule has 0 aliphatic rings. The summed E-state index contributed by atoms with van der Waals surface area (Å²) >= 11 is 2.81. The van der Waals surface area contributed by atoms with Crippen molar-refractivity contribution in [3.8, 4) is 0 Å². The van der Waals surface area contributed by atoms with Crippen LogP contribution in [0.4, 0.5) is 8.78 Å². The van der Waals surface area contributed by atoms with Gasteiger partial charge in [-0.15, -0.1) is 0 Å². The van der Waals surface area contributed by atoms with Crippen LogP contribution < -0.4 is 0 Å². The minimum Gasteiger partial charge on any atom is -0.359 e. The first-order valence-electron chi connectivity index (χ1n) is 3.30. The molecule has 0 amide bonds. The normalized spacial score (nSPS) is 10.9. The van der Waals surface area contributed by atoms with Crippen LogP contribution in [0.2, 0.25) is 0 Å². The van der Waals surface area contributed by atoms with E-state index >= 15 is 0 Å². The molecule has 0 saturated heterocycles. The van der Waals surface area contributed by atoms with Gasteiger partial charge in [0.2, 0.25) is 0 Å². The smallest absolute Gasteiger partial charge is 0.164 e. The van der Waals surface area contributed by atoms with Crippen LogP contribution in [-0.4, -0.2) is 4.98 Å². The third-order valence-corrected chi connectivity index (χ3v) is 2.41. The number of nitrogens with one attached hydrogen (secondary N) is 1. The molecule has 0 spiro atoms. The third-order valence-electron chi connectivity index (χ3n) is 1.68. The molecule has 1 heterocycles. The van der Waals surface area contributed by atoms with Crippen LogP contribution in [-0.2, 0) is 0 Å². The SMILES string of the molecule is Fc1cc2cc[nH]c2c(F)c1Br. The third kappa shape index (κ3) is 0.948. The molecule has 62 valence electrons. The predicted octanol–water partition coefficient (Wildman–Crippen LogP) is 3.21. The Morgan fingerprint density at radius 3 is 2.83 bits per heavy atom. The number of hydrogen-bond donors (Lipinski definition) is 1. The van der Waals surface area contributed by atoms with E-state index in [1.807, 2.05) is 0 Å². The van der Waals surface area contributed by atoms with Crippen molar-refractivity contribution in [1.29, 1.82) is 0 Å². The Morgan fingerprint density at radius 1 is 1.33 bits per heavy atom. The number of rotatable bonds is 0. The molecule has 1 aromatic heterocycles. The van der Waals surface area contributed by atoms with Gasteiger partial charge in [-0.3, -0.25) is 0 Å². The summed E-state index contributed by atoms with van der Waals surface area (Å²) in [6.07, 6.45) is 1.57. The van der Waals surface area contributed by atoms with Crippen molar-refractivity contribution in [2.45, 2.75) is 0 Å². The summed E-state index contributed by atoms with van der Waals surface area (Å²) in [5.41, 5.74) is 0.322. The standard InChI is InChI=1S/C8H4BrF2N/c9-6-5(10)3-4-1-2-12-8(4)7(6)11/h1-3,12H. The van der Waals surface area contributed by atoms with Gasteiger partial charge in [-0.05, 0) is 28.1 Å². The first-order valence-corrected chi connectivity index (χ1v) is 4.10. The van der Waals surface area contributed by atoms with Crippen LogP contribution in [0.15, 0.2) is 22.8 Å². The summed E-state index contributed by atoms with van der Waals surface area (Å²) < 4.78 is 25.9. The molecular weight excluding hydrogens is 228 g/mol. The van der Waals surface area contributed by atoms with E-state index in [0.29, 0.717) is 10.9 Å². The lowest BCUT2D eigenvalue weighted by Gasteiger charge is -1.97. The van der Waals surface area contributed by atoms with Crippen molar-refractivity contribution in [3.63, 3.8) is 0 Å². The molecule has 0 atom stereocenters. The first-order chi connectivity index (χ1) is 5.70. The summed E-state index contributed by atoms with van der Waals surface area (Å²) in [6.45, 7) is 0. The Bertz CT molecular complexity index is 436. The lowest BCUT2D eigenvalue weighted by molar-refractivity contribution is 0.579. The first kappa shape index (κ1) is 7.73. The second kappa shape index (κ2) is 2.55. The fourth-order valence-electron chi connectivity index (χ4n) is 1.11. The topological polar surface area (TPSA) is 15.8 Å². The van der Waals surface area contributed by atoms with Gasteiger partial charge in [0.05, 0.1) is 9.99 Å². The second-order valence-electron chi connectivity index (χ2n) is 2.43. The number of hydrogen-bond acceptors (Lipinski definition) is 0. The summed E-state index contributed by atoms with van der Waals surface area (Å²) in [4.78, 5) is 2.68. The Balaban J connectivity index is 2.94. The number of halogens is 3. The molecular formula is C8H4BrF2N. The highest BCUT2D eigenvalue weighted by molar-refractivity contribution is 9.10. The van der Waals surface area contributed by atoms with Crippen LogP contribution in [0.1, 0.15) is 0 Å². The van der Waals surface area contributed by atoms with Gasteiger partial charge in [0, 0.05) is 11.6 Å². The zero-order valence-electron chi connectivity index (χ0n) is 5.87. The van der Waals surface area contributed by atoms with Gasteiger partial charge >= 0.3 is 0 Å². The summed E-state index contributed by atoms with van der Waals surface area (Å²) in [7, 11) is 0. The van der Waals surface area contributed by atoms with Gasteiger partial charge < -0.3 is 4.98 Å². The minimum absolute atomic E-state index is 0.127. The number of benzene rings is 1. The van der Waals surface area contributed by atoms with Crippen molar-refractivity contribution in [3.05, 3.63) is 34.4 Å². The molecule has 2 rings (SSSR count). The molecule has 0 unspecified atom stereocenters. The number of H-pyrrole nitrogens is 1. The Hall–Kier alpha value is -0.900. The predicted molar refractivity (Wildman–Crippen MR) is 45.9 cm³/mol. The molecule has 0 aliphatic carbocycles. The van der Waals surface area contributed by atoms with Gasteiger partial charge in [0.15, 0.2) is 5.82 Å². The zero-order valence-corrected chi connectivity index (χ0v) is 7.45. The largest absolute Gasteiger partial charge is 0.359 e. The molecule has 0 radical (unpaired) electrons. The van der Waals surface area contributed by atoms with E-state index in [-0.39, 0.29) is 4.47 Å². The number of fused-ring (bicyclic) bond motifs is 1. The van der Waals surface area contributed by atoms with E-state index < -0.39 is 11.6 Å². The van der Waals surface area contributed by atoms with Crippen molar-refractivity contribution in [2.75, 3.05) is 0 Å². The summed E-state index contributed by atoms with van der Waals surface area (Å²) in [5.74, 6) is -1.17. The van der Waals surface area contributed by atoms with Gasteiger partial charge in [-0.2, -0.15) is 0 Å². The van der Waals surface area contributed by atoms with Gasteiger partial charge in [-0.1, -0.05) is 0 Å². The highest BCUT2D eigenvalue weighted by atomic mass is 79.9. The van der Waals surface area contributed by atoms with E-state index in [0.717, 1.165) is 0 Å². The van der Waals surface area contributed by atoms with Crippen LogP contribution in [0.25, 0.3) is 10.9 Å². The molecule has 4 heteroatoms. The maximum absolute atomic E-state index is 13.2. The minimum atomic E-state index is -0.588. The molecule has 2 aromatic rings. The van der Waals surface area contributed by atoms with E-state index in [1.165, 1.54) is 6.07 Å². The molecule has 1 N–H and O–H groups in total. The average Bonchev–Trinajstić information content (AvgIpc) is 2.48. The van der Waals surface area contributed by atoms with Crippen molar-refractivity contribution >= 4 is 26.8 Å². The number of aromatic amines is 1. The molecule has 12 heavy (non-hydrogen) atoms. The molecule has 0 saturated carbocycles. The lowest BCUT2D eigenvalue weighted by atomic mass is 10.2. The zero-order chi connectivity index (χ0) is 8.72. The Kier molecular flexibility index (Phi) is 1.65. The van der Waals surface area contributed by atoms with Crippen LogP contribution in [0, 0.1) is 11.6 Å². The van der Waals surface area contributed by atoms with Gasteiger partial charge in [-0.25, -0.2) is 8.78 Å². The van der Waals surface area contributed by atoms with Crippen LogP contribution in [0.3, 0.4) is 0 Å². The Morgan fingerprint density at radius 2 is 2.08 bits per heavy atom. The maximum Gasteiger partial charge on any atom is 0.164 e. The molecule has 0 bridgehead atoms. The van der Waals surface area contributed by atoms with Gasteiger partial charge in [0.1, 0.15) is 5.82 Å². The van der Waals surface area contributed by atoms with Crippen LogP contribution in [0.5, 0.6) is 0 Å². The summed E-state index contributed by atoms with van der Waals surface area (Å²) in [6, 6.07) is 2.90. The highest BCUT2D eigenvalue weighted by Crippen LogP contribution is 2.26. The van der Waals surface area contributed by atoms with E-state index in [2.05, 4.69) is 20.9 Å². The lowest BCUT2D eigenvalue weighted by Crippen LogP contribution is -1.85. The fraction of sp³-hybridized carbons (Fsp3) is 0. The van der Waals surface area contributed by atoms with E-state index in [4.69, 9.17) is 0 Å². The average molecular weight is 232 g/mol. The van der Waals surface area contributed by atoms with Gasteiger partial charge in [0.25, 0.3) is 0 Å². The van der Waals surface area contributed by atoms with Crippen molar-refractivity contribution < 1.29 is 8.78 Å². The second-order valence-corrected chi connectivity index (χ2v) is 3.22. The van der Waals surface area contributed by atoms with Crippen molar-refractivity contribution in [2.24, 2.45) is 0 Å². The number of aromatic nitrogens is 1.